The number of nitrogens with zero attached hydrogens (tertiary/aromatic N) is 1. The number of benzene rings is 2. The van der Waals surface area contributed by atoms with Crippen molar-refractivity contribution in [2.75, 3.05) is 5.32 Å². The predicted octanol–water partition coefficient (Wildman–Crippen LogP) is 3.84. The molecule has 3 aromatic rings. The van der Waals surface area contributed by atoms with E-state index in [1.54, 1.807) is 50.4 Å². The molecule has 0 bridgehead atoms. The first kappa shape index (κ1) is 17.4. The van der Waals surface area contributed by atoms with Crippen molar-refractivity contribution in [3.05, 3.63) is 57.0 Å². The van der Waals surface area contributed by atoms with Crippen molar-refractivity contribution in [2.24, 2.45) is 7.05 Å². The number of aromatic nitrogens is 1. The fraction of sp³-hybridized carbons (Fsp3) is 0.176. The molecule has 0 saturated carbocycles. The van der Waals surface area contributed by atoms with Gasteiger partial charge in [0, 0.05) is 28.8 Å². The largest absolute Gasteiger partial charge is 0.481 e. The molecule has 6 nitrogen and oxygen atoms in total. The Labute approximate surface area is 152 Å². The molecular weight excluding hydrogens is 367 g/mol. The molecule has 1 N–H and O–H groups in total. The summed E-state index contributed by atoms with van der Waals surface area (Å²) in [5, 5.41) is 3.54. The molecule has 1 heterocycles. The van der Waals surface area contributed by atoms with Gasteiger partial charge in [-0.2, -0.15) is 0 Å². The van der Waals surface area contributed by atoms with Gasteiger partial charge in [-0.15, -0.1) is 0 Å². The van der Waals surface area contributed by atoms with Gasteiger partial charge in [0.1, 0.15) is 5.75 Å². The number of amides is 1. The van der Waals surface area contributed by atoms with Gasteiger partial charge in [-0.1, -0.05) is 23.2 Å². The Kier molecular flexibility index (Phi) is 4.74. The molecule has 130 valence electrons. The molecule has 0 aliphatic heterocycles. The number of carbonyl (C=O) groups is 1. The van der Waals surface area contributed by atoms with Crippen LogP contribution >= 0.6 is 23.2 Å². The molecule has 1 aromatic heterocycles. The summed E-state index contributed by atoms with van der Waals surface area (Å²) >= 11 is 11.8. The van der Waals surface area contributed by atoms with Gasteiger partial charge in [-0.25, -0.2) is 4.79 Å². The van der Waals surface area contributed by atoms with E-state index in [-0.39, 0.29) is 5.91 Å². The van der Waals surface area contributed by atoms with Crippen LogP contribution in [0.25, 0.3) is 11.1 Å². The molecule has 0 saturated heterocycles. The van der Waals surface area contributed by atoms with Gasteiger partial charge in [-0.05, 0) is 37.3 Å². The maximum atomic E-state index is 12.3. The average molecular weight is 381 g/mol. The van der Waals surface area contributed by atoms with Crippen molar-refractivity contribution in [2.45, 2.75) is 13.0 Å². The summed E-state index contributed by atoms with van der Waals surface area (Å²) in [7, 11) is 1.61. The normalized spacial score (nSPS) is 12.2. The topological polar surface area (TPSA) is 73.5 Å². The quantitative estimate of drug-likeness (QED) is 0.745. The van der Waals surface area contributed by atoms with E-state index in [0.29, 0.717) is 32.6 Å². The van der Waals surface area contributed by atoms with Gasteiger partial charge >= 0.3 is 5.76 Å². The van der Waals surface area contributed by atoms with Crippen molar-refractivity contribution in [1.82, 2.24) is 4.57 Å². The molecule has 8 heteroatoms. The highest BCUT2D eigenvalue weighted by atomic mass is 35.5. The zero-order chi connectivity index (χ0) is 18.1. The number of nitrogens with one attached hydrogen (secondary N) is 1. The van der Waals surface area contributed by atoms with E-state index < -0.39 is 11.9 Å². The maximum Gasteiger partial charge on any atom is 0.419 e. The lowest BCUT2D eigenvalue weighted by Crippen LogP contribution is -2.30. The Morgan fingerprint density at radius 3 is 2.56 bits per heavy atom. The van der Waals surface area contributed by atoms with Crippen molar-refractivity contribution < 1.29 is 13.9 Å². The smallest absolute Gasteiger partial charge is 0.419 e. The van der Waals surface area contributed by atoms with Crippen LogP contribution in [0, 0.1) is 0 Å². The number of hydrogen-bond acceptors (Lipinski definition) is 4. The van der Waals surface area contributed by atoms with E-state index in [2.05, 4.69) is 5.32 Å². The minimum Gasteiger partial charge on any atom is -0.481 e. The van der Waals surface area contributed by atoms with Crippen LogP contribution in [0.4, 0.5) is 5.69 Å². The Balaban J connectivity index is 1.73. The first-order valence-electron chi connectivity index (χ1n) is 7.36. The van der Waals surface area contributed by atoms with Crippen LogP contribution in [-0.2, 0) is 11.8 Å². The lowest BCUT2D eigenvalue weighted by molar-refractivity contribution is -0.122. The van der Waals surface area contributed by atoms with Gasteiger partial charge in [0.05, 0.1) is 5.52 Å². The molecular formula is C17H14Cl2N2O4. The summed E-state index contributed by atoms with van der Waals surface area (Å²) in [6.45, 7) is 1.60. The molecule has 1 unspecified atom stereocenters. The van der Waals surface area contributed by atoms with Gasteiger partial charge in [0.2, 0.25) is 0 Å². The van der Waals surface area contributed by atoms with Crippen molar-refractivity contribution in [3.63, 3.8) is 0 Å². The van der Waals surface area contributed by atoms with Crippen LogP contribution < -0.4 is 15.8 Å². The van der Waals surface area contributed by atoms with E-state index in [1.165, 1.54) is 4.57 Å². The second kappa shape index (κ2) is 6.82. The van der Waals surface area contributed by atoms with Gasteiger partial charge < -0.3 is 14.5 Å². The summed E-state index contributed by atoms with van der Waals surface area (Å²) in [4.78, 5) is 23.8. The fourth-order valence-corrected chi connectivity index (χ4v) is 2.82. The number of ether oxygens (including phenoxy) is 1. The molecule has 25 heavy (non-hydrogen) atoms. The maximum absolute atomic E-state index is 12.3. The first-order valence-corrected chi connectivity index (χ1v) is 8.12. The number of halogens is 2. The number of hydrogen-bond donors (Lipinski definition) is 1. The zero-order valence-electron chi connectivity index (χ0n) is 13.4. The molecule has 3 rings (SSSR count). The summed E-state index contributed by atoms with van der Waals surface area (Å²) < 4.78 is 12.0. The number of anilines is 1. The third-order valence-electron chi connectivity index (χ3n) is 3.58. The van der Waals surface area contributed by atoms with E-state index in [9.17, 15) is 9.59 Å². The minimum absolute atomic E-state index is 0.367. The Morgan fingerprint density at radius 2 is 1.88 bits per heavy atom. The Hall–Kier alpha value is -2.44. The second-order valence-electron chi connectivity index (χ2n) is 5.46. The summed E-state index contributed by atoms with van der Waals surface area (Å²) in [5.41, 5.74) is 1.52. The number of fused-ring (bicyclic) bond motifs is 1. The Morgan fingerprint density at radius 1 is 1.20 bits per heavy atom. The molecule has 1 atom stereocenters. The molecule has 0 aliphatic carbocycles. The van der Waals surface area contributed by atoms with Gasteiger partial charge in [0.25, 0.3) is 5.91 Å². The third-order valence-corrected chi connectivity index (χ3v) is 4.01. The number of rotatable bonds is 4. The summed E-state index contributed by atoms with van der Waals surface area (Å²) in [6.07, 6.45) is -0.784. The zero-order valence-corrected chi connectivity index (χ0v) is 14.9. The standard InChI is InChI=1S/C17H14Cl2N2O4/c1-9(24-13-6-10(18)5-11(19)7-13)16(22)20-12-3-4-14-15(8-12)25-17(23)21(14)2/h3-9H,1-2H3,(H,20,22). The number of oxazole rings is 1. The lowest BCUT2D eigenvalue weighted by atomic mass is 10.2. The van der Waals surface area contributed by atoms with E-state index in [1.807, 2.05) is 0 Å². The van der Waals surface area contributed by atoms with Crippen molar-refractivity contribution in [1.29, 1.82) is 0 Å². The van der Waals surface area contributed by atoms with E-state index in [0.717, 1.165) is 0 Å². The summed E-state index contributed by atoms with van der Waals surface area (Å²) in [6, 6.07) is 9.67. The number of aryl methyl sites for hydroxylation is 1. The van der Waals surface area contributed by atoms with Crippen molar-refractivity contribution >= 4 is 45.9 Å². The fourth-order valence-electron chi connectivity index (χ4n) is 2.31. The SMILES string of the molecule is CC(Oc1cc(Cl)cc(Cl)c1)C(=O)Nc1ccc2c(c1)oc(=O)n2C. The van der Waals surface area contributed by atoms with E-state index >= 15 is 0 Å². The molecule has 2 aromatic carbocycles. The predicted molar refractivity (Wildman–Crippen MR) is 96.6 cm³/mol. The molecule has 0 aliphatic rings. The minimum atomic E-state index is -0.784. The second-order valence-corrected chi connectivity index (χ2v) is 6.34. The number of carbonyl (C=O) groups excluding carboxylic acids is 1. The third kappa shape index (κ3) is 3.81. The van der Waals surface area contributed by atoms with Crippen LogP contribution in [0.5, 0.6) is 5.75 Å². The Bertz CT molecular complexity index is 989. The average Bonchev–Trinajstić information content (AvgIpc) is 2.80. The van der Waals surface area contributed by atoms with Crippen LogP contribution in [0.1, 0.15) is 6.92 Å². The van der Waals surface area contributed by atoms with Crippen LogP contribution in [0.3, 0.4) is 0 Å². The highest BCUT2D eigenvalue weighted by Gasteiger charge is 2.16. The molecule has 0 radical (unpaired) electrons. The highest BCUT2D eigenvalue weighted by molar-refractivity contribution is 6.34. The van der Waals surface area contributed by atoms with E-state index in [4.69, 9.17) is 32.4 Å². The van der Waals surface area contributed by atoms with Crippen LogP contribution in [-0.4, -0.2) is 16.6 Å². The molecule has 0 fully saturated rings. The molecule has 1 amide bonds. The van der Waals surface area contributed by atoms with Crippen LogP contribution in [0.2, 0.25) is 10.0 Å². The summed E-state index contributed by atoms with van der Waals surface area (Å²) in [5.74, 6) is -0.439. The first-order chi connectivity index (χ1) is 11.8. The lowest BCUT2D eigenvalue weighted by Gasteiger charge is -2.15. The monoisotopic (exact) mass is 380 g/mol. The van der Waals surface area contributed by atoms with Gasteiger partial charge in [-0.3, -0.25) is 9.36 Å². The van der Waals surface area contributed by atoms with Gasteiger partial charge in [0.15, 0.2) is 11.7 Å². The molecule has 0 spiro atoms. The highest BCUT2D eigenvalue weighted by Crippen LogP contribution is 2.25. The van der Waals surface area contributed by atoms with Crippen LogP contribution in [0.15, 0.2) is 45.6 Å². The van der Waals surface area contributed by atoms with Crippen molar-refractivity contribution in [3.8, 4) is 5.75 Å².